The zero-order valence-corrected chi connectivity index (χ0v) is 19.9. The Bertz CT molecular complexity index is 1080. The second kappa shape index (κ2) is 11.0. The van der Waals surface area contributed by atoms with E-state index in [2.05, 4.69) is 5.32 Å². The molecule has 8 nitrogen and oxygen atoms in total. The molecule has 1 aliphatic heterocycles. The summed E-state index contributed by atoms with van der Waals surface area (Å²) in [5.41, 5.74) is 3.68. The zero-order valence-electron chi connectivity index (χ0n) is 19.9. The molecule has 2 aromatic rings. The fourth-order valence-corrected chi connectivity index (χ4v) is 3.59. The lowest BCUT2D eigenvalue weighted by molar-refractivity contribution is -0.151. The number of nitrogens with one attached hydrogen (secondary N) is 1. The number of anilines is 2. The minimum Gasteiger partial charge on any atom is -0.462 e. The van der Waals surface area contributed by atoms with Crippen LogP contribution in [0, 0.1) is 25.7 Å². The lowest BCUT2D eigenvalue weighted by Gasteiger charge is -2.20. The van der Waals surface area contributed by atoms with Gasteiger partial charge in [-0.1, -0.05) is 26.0 Å². The number of esters is 2. The van der Waals surface area contributed by atoms with Gasteiger partial charge in [-0.15, -0.1) is 0 Å². The predicted octanol–water partition coefficient (Wildman–Crippen LogP) is 3.65. The van der Waals surface area contributed by atoms with Crippen LogP contribution in [0.5, 0.6) is 0 Å². The molecule has 1 fully saturated rings. The molecule has 180 valence electrons. The standard InChI is InChI=1S/C26H30N2O6/c1-16(2)14-33-25(31)19-8-10-21(11-9-19)27-23(29)15-34-26(32)20-12-24(30)28(13-20)22-7-5-6-17(3)18(22)4/h5-11,16,20H,12-15H2,1-4H3,(H,27,29)/t20-/m1/s1. The van der Waals surface area contributed by atoms with Crippen molar-refractivity contribution in [2.45, 2.75) is 34.1 Å². The Balaban J connectivity index is 1.48. The highest BCUT2D eigenvalue weighted by molar-refractivity contribution is 6.00. The molecule has 1 atom stereocenters. The summed E-state index contributed by atoms with van der Waals surface area (Å²) in [5.74, 6) is -2.06. The molecular weight excluding hydrogens is 436 g/mol. The first-order valence-corrected chi connectivity index (χ1v) is 11.3. The van der Waals surface area contributed by atoms with Crippen LogP contribution in [-0.4, -0.2) is 43.5 Å². The van der Waals surface area contributed by atoms with Gasteiger partial charge in [0.15, 0.2) is 6.61 Å². The van der Waals surface area contributed by atoms with Gasteiger partial charge in [0.25, 0.3) is 5.91 Å². The predicted molar refractivity (Wildman–Crippen MR) is 128 cm³/mol. The van der Waals surface area contributed by atoms with Crippen molar-refractivity contribution in [3.63, 3.8) is 0 Å². The second-order valence-corrected chi connectivity index (χ2v) is 8.85. The Morgan fingerprint density at radius 2 is 1.76 bits per heavy atom. The van der Waals surface area contributed by atoms with Gasteiger partial charge in [0.05, 0.1) is 18.1 Å². The van der Waals surface area contributed by atoms with Gasteiger partial charge in [-0.25, -0.2) is 4.79 Å². The second-order valence-electron chi connectivity index (χ2n) is 8.85. The first-order chi connectivity index (χ1) is 16.2. The first kappa shape index (κ1) is 25.0. The van der Waals surface area contributed by atoms with Gasteiger partial charge in [0.1, 0.15) is 0 Å². The van der Waals surface area contributed by atoms with E-state index in [1.807, 2.05) is 45.9 Å². The summed E-state index contributed by atoms with van der Waals surface area (Å²) in [6.07, 6.45) is 0.0439. The third kappa shape index (κ3) is 6.21. The van der Waals surface area contributed by atoms with Gasteiger partial charge in [-0.05, 0) is 61.2 Å². The Hall–Kier alpha value is -3.68. The third-order valence-corrected chi connectivity index (χ3v) is 5.62. The molecule has 0 saturated carbocycles. The molecule has 8 heteroatoms. The van der Waals surface area contributed by atoms with Crippen molar-refractivity contribution in [2.75, 3.05) is 30.0 Å². The van der Waals surface area contributed by atoms with Crippen molar-refractivity contribution in [1.82, 2.24) is 0 Å². The van der Waals surface area contributed by atoms with E-state index in [0.29, 0.717) is 17.9 Å². The number of ether oxygens (including phenoxy) is 2. The van der Waals surface area contributed by atoms with Gasteiger partial charge in [-0.2, -0.15) is 0 Å². The summed E-state index contributed by atoms with van der Waals surface area (Å²) in [6, 6.07) is 12.0. The van der Waals surface area contributed by atoms with Gasteiger partial charge in [0.2, 0.25) is 5.91 Å². The van der Waals surface area contributed by atoms with Crippen molar-refractivity contribution < 1.29 is 28.7 Å². The molecular formula is C26H30N2O6. The van der Waals surface area contributed by atoms with E-state index in [1.165, 1.54) is 0 Å². The fourth-order valence-electron chi connectivity index (χ4n) is 3.59. The molecule has 0 radical (unpaired) electrons. The largest absolute Gasteiger partial charge is 0.462 e. The maximum Gasteiger partial charge on any atom is 0.338 e. The molecule has 2 amide bonds. The minimum absolute atomic E-state index is 0.0439. The fraction of sp³-hybridized carbons (Fsp3) is 0.385. The Morgan fingerprint density at radius 1 is 1.06 bits per heavy atom. The number of carbonyl (C=O) groups excluding carboxylic acids is 4. The van der Waals surface area contributed by atoms with Gasteiger partial charge >= 0.3 is 11.9 Å². The SMILES string of the molecule is Cc1cccc(N2C[C@H](C(=O)OCC(=O)Nc3ccc(C(=O)OCC(C)C)cc3)CC2=O)c1C. The average molecular weight is 467 g/mol. The molecule has 0 bridgehead atoms. The van der Waals surface area contributed by atoms with Crippen LogP contribution in [0.1, 0.15) is 41.8 Å². The van der Waals surface area contributed by atoms with E-state index in [4.69, 9.17) is 9.47 Å². The topological polar surface area (TPSA) is 102 Å². The number of rotatable bonds is 8. The summed E-state index contributed by atoms with van der Waals surface area (Å²) in [7, 11) is 0. The number of benzene rings is 2. The zero-order chi connectivity index (χ0) is 24.8. The molecule has 0 spiro atoms. The van der Waals surface area contributed by atoms with Crippen LogP contribution in [-0.2, 0) is 23.9 Å². The van der Waals surface area contributed by atoms with Gasteiger partial charge in [0, 0.05) is 24.3 Å². The van der Waals surface area contributed by atoms with E-state index >= 15 is 0 Å². The molecule has 34 heavy (non-hydrogen) atoms. The minimum atomic E-state index is -0.628. The summed E-state index contributed by atoms with van der Waals surface area (Å²) in [5, 5.41) is 2.62. The molecule has 1 heterocycles. The van der Waals surface area contributed by atoms with Crippen LogP contribution >= 0.6 is 0 Å². The van der Waals surface area contributed by atoms with Crippen LogP contribution in [0.2, 0.25) is 0 Å². The summed E-state index contributed by atoms with van der Waals surface area (Å²) in [4.78, 5) is 50.7. The lowest BCUT2D eigenvalue weighted by atomic mass is 10.1. The van der Waals surface area contributed by atoms with Crippen LogP contribution in [0.3, 0.4) is 0 Å². The highest BCUT2D eigenvalue weighted by atomic mass is 16.5. The number of carbonyl (C=O) groups is 4. The van der Waals surface area contributed by atoms with E-state index < -0.39 is 30.4 Å². The average Bonchev–Trinajstić information content (AvgIpc) is 3.19. The Morgan fingerprint density at radius 3 is 2.44 bits per heavy atom. The quantitative estimate of drug-likeness (QED) is 0.596. The molecule has 1 saturated heterocycles. The van der Waals surface area contributed by atoms with Crippen LogP contribution in [0.4, 0.5) is 11.4 Å². The van der Waals surface area contributed by atoms with Crippen LogP contribution in [0.15, 0.2) is 42.5 Å². The summed E-state index contributed by atoms with van der Waals surface area (Å²) in [6.45, 7) is 7.89. The lowest BCUT2D eigenvalue weighted by Crippen LogP contribution is -2.28. The van der Waals surface area contributed by atoms with Crippen molar-refractivity contribution in [2.24, 2.45) is 11.8 Å². The Labute approximate surface area is 199 Å². The summed E-state index contributed by atoms with van der Waals surface area (Å²) < 4.78 is 10.3. The maximum absolute atomic E-state index is 12.5. The first-order valence-electron chi connectivity index (χ1n) is 11.3. The number of amides is 2. The van der Waals surface area contributed by atoms with E-state index in [9.17, 15) is 19.2 Å². The highest BCUT2D eigenvalue weighted by Gasteiger charge is 2.37. The molecule has 1 aliphatic rings. The normalized spacial score (nSPS) is 15.4. The highest BCUT2D eigenvalue weighted by Crippen LogP contribution is 2.29. The van der Waals surface area contributed by atoms with Crippen LogP contribution < -0.4 is 10.2 Å². The molecule has 0 aliphatic carbocycles. The molecule has 1 N–H and O–H groups in total. The number of hydrogen-bond acceptors (Lipinski definition) is 6. The van der Waals surface area contributed by atoms with Crippen LogP contribution in [0.25, 0.3) is 0 Å². The Kier molecular flexibility index (Phi) is 8.04. The van der Waals surface area contributed by atoms with E-state index in [0.717, 1.165) is 16.8 Å². The number of aryl methyl sites for hydroxylation is 1. The molecule has 2 aromatic carbocycles. The maximum atomic E-state index is 12.5. The van der Waals surface area contributed by atoms with Gasteiger partial charge < -0.3 is 19.7 Å². The van der Waals surface area contributed by atoms with Gasteiger partial charge in [-0.3, -0.25) is 14.4 Å². The van der Waals surface area contributed by atoms with Crippen molar-refractivity contribution >= 4 is 35.1 Å². The van der Waals surface area contributed by atoms with Crippen molar-refractivity contribution in [3.8, 4) is 0 Å². The van der Waals surface area contributed by atoms with E-state index in [-0.39, 0.29) is 24.8 Å². The van der Waals surface area contributed by atoms with Crippen molar-refractivity contribution in [1.29, 1.82) is 0 Å². The smallest absolute Gasteiger partial charge is 0.338 e. The molecule has 0 unspecified atom stereocenters. The monoisotopic (exact) mass is 466 g/mol. The van der Waals surface area contributed by atoms with Crippen molar-refractivity contribution in [3.05, 3.63) is 59.2 Å². The molecule has 3 rings (SSSR count). The van der Waals surface area contributed by atoms with E-state index in [1.54, 1.807) is 29.2 Å². The summed E-state index contributed by atoms with van der Waals surface area (Å²) >= 11 is 0. The third-order valence-electron chi connectivity index (χ3n) is 5.62. The number of nitrogens with zero attached hydrogens (tertiary/aromatic N) is 1. The molecule has 0 aromatic heterocycles. The number of hydrogen-bond donors (Lipinski definition) is 1.